The molecule has 0 aliphatic carbocycles. The van der Waals surface area contributed by atoms with Crippen LogP contribution >= 0.6 is 0 Å². The Morgan fingerprint density at radius 3 is 1.86 bits per heavy atom. The lowest BCUT2D eigenvalue weighted by molar-refractivity contribution is -0.140. The summed E-state index contributed by atoms with van der Waals surface area (Å²) in [5.41, 5.74) is 0.347. The van der Waals surface area contributed by atoms with Crippen molar-refractivity contribution in [2.75, 3.05) is 26.3 Å². The summed E-state index contributed by atoms with van der Waals surface area (Å²) in [7, 11) is 0. The van der Waals surface area contributed by atoms with Gasteiger partial charge in [0.05, 0.1) is 24.7 Å². The second kappa shape index (κ2) is 18.8. The minimum atomic E-state index is -0.501. The summed E-state index contributed by atoms with van der Waals surface area (Å²) in [5, 5.41) is 0. The maximum atomic E-state index is 12.6. The van der Waals surface area contributed by atoms with E-state index in [1.165, 1.54) is 44.9 Å². The zero-order chi connectivity index (χ0) is 30.0. The summed E-state index contributed by atoms with van der Waals surface area (Å²) < 4.78 is 22.1. The van der Waals surface area contributed by atoms with Crippen molar-refractivity contribution in [1.29, 1.82) is 0 Å². The van der Waals surface area contributed by atoms with Crippen LogP contribution in [-0.2, 0) is 9.53 Å². The summed E-state index contributed by atoms with van der Waals surface area (Å²) in [6.07, 6.45) is 12.6. The Kier molecular flexibility index (Phi) is 14.7. The molecule has 0 saturated carbocycles. The average molecular weight is 582 g/mol. The fraction of sp³-hybridized carbons (Fsp3) is 0.559. The summed E-state index contributed by atoms with van der Waals surface area (Å²) in [6.45, 7) is 6.29. The van der Waals surface area contributed by atoms with Crippen LogP contribution in [0.15, 0.2) is 48.5 Å². The molecular formula is C34H47NO7. The number of ether oxygens (including phenoxy) is 4. The van der Waals surface area contributed by atoms with Crippen LogP contribution in [0.5, 0.6) is 17.2 Å². The highest BCUT2D eigenvalue weighted by atomic mass is 16.6. The van der Waals surface area contributed by atoms with Gasteiger partial charge in [-0.3, -0.25) is 4.79 Å². The lowest BCUT2D eigenvalue weighted by Crippen LogP contribution is -2.41. The van der Waals surface area contributed by atoms with Crippen molar-refractivity contribution >= 4 is 18.0 Å². The second-order valence-corrected chi connectivity index (χ2v) is 10.9. The molecule has 0 atom stereocenters. The highest BCUT2D eigenvalue weighted by Crippen LogP contribution is 2.23. The number of hydrogen-bond donors (Lipinski definition) is 0. The number of piperidine rings is 1. The molecule has 0 bridgehead atoms. The molecule has 2 aromatic carbocycles. The van der Waals surface area contributed by atoms with Gasteiger partial charge in [-0.05, 0) is 74.2 Å². The third kappa shape index (κ3) is 11.7. The van der Waals surface area contributed by atoms with E-state index in [0.717, 1.165) is 25.0 Å². The van der Waals surface area contributed by atoms with E-state index in [4.69, 9.17) is 18.9 Å². The van der Waals surface area contributed by atoms with Crippen molar-refractivity contribution in [3.05, 3.63) is 54.1 Å². The third-order valence-electron chi connectivity index (χ3n) is 7.42. The molecule has 8 heteroatoms. The normalized spacial score (nSPS) is 13.4. The van der Waals surface area contributed by atoms with E-state index in [0.29, 0.717) is 56.2 Å². The predicted molar refractivity (Wildman–Crippen MR) is 162 cm³/mol. The molecule has 1 fully saturated rings. The number of benzene rings is 2. The molecule has 1 aliphatic heterocycles. The second-order valence-electron chi connectivity index (χ2n) is 10.9. The lowest BCUT2D eigenvalue weighted by Gasteiger charge is -2.30. The van der Waals surface area contributed by atoms with Crippen molar-refractivity contribution in [3.63, 3.8) is 0 Å². The Balaban J connectivity index is 1.34. The summed E-state index contributed by atoms with van der Waals surface area (Å²) in [5.74, 6) is 0.405. The molecule has 2 aromatic rings. The van der Waals surface area contributed by atoms with E-state index in [2.05, 4.69) is 6.92 Å². The van der Waals surface area contributed by atoms with Gasteiger partial charge in [0.25, 0.3) is 0 Å². The molecule has 1 saturated heterocycles. The minimum Gasteiger partial charge on any atom is -0.494 e. The standard InChI is InChI=1S/C34H47NO7/c1-3-5-7-8-9-10-11-12-26-39-29-17-19-31(20-18-29)42-32(36)27-13-15-30(16-14-27)41-33(37)28-21-23-35(24-22-28)34(38)40-25-6-4-2/h13-20,28H,3-12,21-26H2,1-2H3. The average Bonchev–Trinajstić information content (AvgIpc) is 3.01. The van der Waals surface area contributed by atoms with Crippen LogP contribution in [0.4, 0.5) is 4.79 Å². The molecular weight excluding hydrogens is 534 g/mol. The van der Waals surface area contributed by atoms with Gasteiger partial charge in [-0.25, -0.2) is 9.59 Å². The number of rotatable bonds is 17. The van der Waals surface area contributed by atoms with Gasteiger partial charge >= 0.3 is 18.0 Å². The molecule has 0 unspecified atom stereocenters. The van der Waals surface area contributed by atoms with Gasteiger partial charge < -0.3 is 23.8 Å². The number of unbranched alkanes of at least 4 members (excludes halogenated alkanes) is 8. The van der Waals surface area contributed by atoms with Crippen LogP contribution in [0.2, 0.25) is 0 Å². The molecule has 0 radical (unpaired) electrons. The van der Waals surface area contributed by atoms with Gasteiger partial charge in [0.2, 0.25) is 0 Å². The summed E-state index contributed by atoms with van der Waals surface area (Å²) >= 11 is 0. The van der Waals surface area contributed by atoms with Gasteiger partial charge in [-0.1, -0.05) is 65.2 Å². The Hall–Kier alpha value is -3.55. The lowest BCUT2D eigenvalue weighted by atomic mass is 9.97. The highest BCUT2D eigenvalue weighted by molar-refractivity contribution is 5.91. The van der Waals surface area contributed by atoms with E-state index in [-0.39, 0.29) is 18.0 Å². The number of nitrogens with zero attached hydrogens (tertiary/aromatic N) is 1. The van der Waals surface area contributed by atoms with E-state index >= 15 is 0 Å². The first-order valence-corrected chi connectivity index (χ1v) is 15.7. The molecule has 0 N–H and O–H groups in total. The monoisotopic (exact) mass is 581 g/mol. The van der Waals surface area contributed by atoms with Gasteiger partial charge in [0.15, 0.2) is 0 Å². The summed E-state index contributed by atoms with van der Waals surface area (Å²) in [6, 6.07) is 13.3. The van der Waals surface area contributed by atoms with Crippen LogP contribution in [0.25, 0.3) is 0 Å². The maximum absolute atomic E-state index is 12.6. The maximum Gasteiger partial charge on any atom is 0.409 e. The fourth-order valence-corrected chi connectivity index (χ4v) is 4.75. The Bertz CT molecular complexity index is 1080. The van der Waals surface area contributed by atoms with Crippen LogP contribution in [0.3, 0.4) is 0 Å². The first-order chi connectivity index (χ1) is 20.5. The fourth-order valence-electron chi connectivity index (χ4n) is 4.75. The first-order valence-electron chi connectivity index (χ1n) is 15.7. The first kappa shape index (κ1) is 33.0. The molecule has 0 spiro atoms. The number of hydrogen-bond acceptors (Lipinski definition) is 7. The van der Waals surface area contributed by atoms with Gasteiger partial charge in [0.1, 0.15) is 17.2 Å². The largest absolute Gasteiger partial charge is 0.494 e. The third-order valence-corrected chi connectivity index (χ3v) is 7.42. The molecule has 1 aliphatic rings. The predicted octanol–water partition coefficient (Wildman–Crippen LogP) is 7.98. The van der Waals surface area contributed by atoms with E-state index in [1.54, 1.807) is 53.4 Å². The zero-order valence-electron chi connectivity index (χ0n) is 25.3. The Morgan fingerprint density at radius 1 is 0.667 bits per heavy atom. The van der Waals surface area contributed by atoms with E-state index < -0.39 is 5.97 Å². The van der Waals surface area contributed by atoms with Crippen LogP contribution in [0, 0.1) is 5.92 Å². The Labute approximate surface area is 250 Å². The van der Waals surface area contributed by atoms with Gasteiger partial charge in [-0.15, -0.1) is 0 Å². The number of likely N-dealkylation sites (tertiary alicyclic amines) is 1. The Morgan fingerprint density at radius 2 is 1.21 bits per heavy atom. The van der Waals surface area contributed by atoms with E-state index in [1.807, 2.05) is 6.92 Å². The number of carbonyl (C=O) groups is 3. The number of amides is 1. The minimum absolute atomic E-state index is 0.290. The van der Waals surface area contributed by atoms with Crippen LogP contribution in [-0.4, -0.2) is 49.2 Å². The number of carbonyl (C=O) groups excluding carboxylic acids is 3. The smallest absolute Gasteiger partial charge is 0.409 e. The van der Waals surface area contributed by atoms with Crippen molar-refractivity contribution < 1.29 is 33.3 Å². The molecule has 3 rings (SSSR count). The van der Waals surface area contributed by atoms with Crippen LogP contribution in [0.1, 0.15) is 101 Å². The SMILES string of the molecule is CCCCCCCCCCOc1ccc(OC(=O)c2ccc(OC(=O)C3CCN(C(=O)OCCCC)CC3)cc2)cc1. The molecule has 0 aromatic heterocycles. The van der Waals surface area contributed by atoms with Crippen molar-refractivity contribution in [2.24, 2.45) is 5.92 Å². The molecule has 230 valence electrons. The molecule has 42 heavy (non-hydrogen) atoms. The van der Waals surface area contributed by atoms with Crippen LogP contribution < -0.4 is 14.2 Å². The highest BCUT2D eigenvalue weighted by Gasteiger charge is 2.29. The van der Waals surface area contributed by atoms with Gasteiger partial charge in [-0.2, -0.15) is 0 Å². The van der Waals surface area contributed by atoms with E-state index in [9.17, 15) is 14.4 Å². The zero-order valence-corrected chi connectivity index (χ0v) is 25.3. The summed E-state index contributed by atoms with van der Waals surface area (Å²) in [4.78, 5) is 39.0. The van der Waals surface area contributed by atoms with Crippen molar-refractivity contribution in [2.45, 2.75) is 90.9 Å². The number of esters is 2. The molecule has 1 amide bonds. The molecule has 8 nitrogen and oxygen atoms in total. The van der Waals surface area contributed by atoms with Crippen molar-refractivity contribution in [3.8, 4) is 17.2 Å². The quantitative estimate of drug-likeness (QED) is 0.106. The van der Waals surface area contributed by atoms with Gasteiger partial charge in [0, 0.05) is 13.1 Å². The van der Waals surface area contributed by atoms with Crippen molar-refractivity contribution in [1.82, 2.24) is 4.90 Å². The molecule has 1 heterocycles. The topological polar surface area (TPSA) is 91.4 Å².